The molecule has 0 saturated carbocycles. The van der Waals surface area contributed by atoms with Gasteiger partial charge in [0, 0.05) is 43.3 Å². The highest BCUT2D eigenvalue weighted by atomic mass is 16.2. The highest BCUT2D eigenvalue weighted by Gasteiger charge is 2.31. The van der Waals surface area contributed by atoms with Gasteiger partial charge in [0.1, 0.15) is 0 Å². The van der Waals surface area contributed by atoms with Crippen molar-refractivity contribution in [2.45, 2.75) is 32.6 Å². The third-order valence-electron chi connectivity index (χ3n) is 5.30. The maximum Gasteiger partial charge on any atom is 0.321 e. The van der Waals surface area contributed by atoms with Gasteiger partial charge in [-0.05, 0) is 56.4 Å². The molecule has 0 spiro atoms. The van der Waals surface area contributed by atoms with E-state index in [-0.39, 0.29) is 17.9 Å². The van der Waals surface area contributed by atoms with E-state index in [9.17, 15) is 14.4 Å². The maximum atomic E-state index is 12.5. The number of hydrogen-bond acceptors (Lipinski definition) is 3. The lowest BCUT2D eigenvalue weighted by Crippen LogP contribution is -2.45. The van der Waals surface area contributed by atoms with Crippen molar-refractivity contribution in [2.75, 3.05) is 31.5 Å². The Morgan fingerprint density at radius 3 is 2.27 bits per heavy atom. The monoisotopic (exact) mass is 358 g/mol. The minimum absolute atomic E-state index is 0.0359. The van der Waals surface area contributed by atoms with Crippen LogP contribution in [0.25, 0.3) is 0 Å². The molecule has 140 valence electrons. The first kappa shape index (κ1) is 18.2. The van der Waals surface area contributed by atoms with Crippen LogP contribution in [0.5, 0.6) is 0 Å². The van der Waals surface area contributed by atoms with Gasteiger partial charge in [-0.1, -0.05) is 0 Å². The van der Waals surface area contributed by atoms with Gasteiger partial charge in [0.05, 0.1) is 0 Å². The zero-order chi connectivity index (χ0) is 18.7. The lowest BCUT2D eigenvalue weighted by atomic mass is 9.95. The Kier molecular flexibility index (Phi) is 5.44. The van der Waals surface area contributed by atoms with Gasteiger partial charge >= 0.3 is 6.03 Å². The number of benzene rings is 1. The van der Waals surface area contributed by atoms with Crippen LogP contribution in [-0.2, 0) is 4.79 Å². The highest BCUT2D eigenvalue weighted by molar-refractivity contribution is 5.95. The standard InChI is InChI=1S/C19H26N4O3/c1-13-12-15(17(20)24)4-5-16(13)21-19(26)23-10-6-14(7-11-23)18(25)22-8-2-3-9-22/h4-5,12,14H,2-3,6-11H2,1H3,(H2,20,24)(H,21,26). The van der Waals surface area contributed by atoms with Gasteiger partial charge in [0.25, 0.3) is 0 Å². The van der Waals surface area contributed by atoms with Gasteiger partial charge in [0.15, 0.2) is 0 Å². The third kappa shape index (κ3) is 3.98. The van der Waals surface area contributed by atoms with Gasteiger partial charge in [0.2, 0.25) is 11.8 Å². The van der Waals surface area contributed by atoms with Gasteiger partial charge in [-0.15, -0.1) is 0 Å². The number of aryl methyl sites for hydroxylation is 1. The average Bonchev–Trinajstić information content (AvgIpc) is 3.17. The first-order valence-corrected chi connectivity index (χ1v) is 9.21. The normalized spacial score (nSPS) is 18.0. The average molecular weight is 358 g/mol. The van der Waals surface area contributed by atoms with E-state index in [0.29, 0.717) is 37.2 Å². The summed E-state index contributed by atoms with van der Waals surface area (Å²) in [4.78, 5) is 39.9. The molecule has 3 rings (SSSR count). The van der Waals surface area contributed by atoms with Crippen LogP contribution in [-0.4, -0.2) is 53.8 Å². The van der Waals surface area contributed by atoms with Crippen molar-refractivity contribution in [3.63, 3.8) is 0 Å². The van der Waals surface area contributed by atoms with Gasteiger partial charge in [-0.25, -0.2) is 4.79 Å². The lowest BCUT2D eigenvalue weighted by Gasteiger charge is -2.33. The van der Waals surface area contributed by atoms with Crippen molar-refractivity contribution < 1.29 is 14.4 Å². The molecule has 0 aromatic heterocycles. The first-order valence-electron chi connectivity index (χ1n) is 9.21. The van der Waals surface area contributed by atoms with E-state index in [4.69, 9.17) is 5.73 Å². The van der Waals surface area contributed by atoms with Crippen molar-refractivity contribution in [3.05, 3.63) is 29.3 Å². The number of rotatable bonds is 3. The van der Waals surface area contributed by atoms with E-state index in [1.807, 2.05) is 11.8 Å². The number of carbonyl (C=O) groups excluding carboxylic acids is 3. The molecule has 0 unspecified atom stereocenters. The van der Waals surface area contributed by atoms with E-state index in [0.717, 1.165) is 31.5 Å². The molecule has 1 aromatic rings. The number of piperidine rings is 1. The Hall–Kier alpha value is -2.57. The smallest absolute Gasteiger partial charge is 0.321 e. The largest absolute Gasteiger partial charge is 0.366 e. The number of hydrogen-bond donors (Lipinski definition) is 2. The van der Waals surface area contributed by atoms with Crippen molar-refractivity contribution in [1.29, 1.82) is 0 Å². The second kappa shape index (κ2) is 7.76. The van der Waals surface area contributed by atoms with Crippen LogP contribution >= 0.6 is 0 Å². The van der Waals surface area contributed by atoms with E-state index >= 15 is 0 Å². The van der Waals surface area contributed by atoms with Crippen molar-refractivity contribution in [2.24, 2.45) is 11.7 Å². The van der Waals surface area contributed by atoms with Crippen molar-refractivity contribution in [3.8, 4) is 0 Å². The zero-order valence-electron chi connectivity index (χ0n) is 15.2. The van der Waals surface area contributed by atoms with Crippen LogP contribution in [0, 0.1) is 12.8 Å². The number of likely N-dealkylation sites (tertiary alicyclic amines) is 2. The molecule has 2 aliphatic rings. The second-order valence-electron chi connectivity index (χ2n) is 7.12. The molecule has 0 atom stereocenters. The number of carbonyl (C=O) groups is 3. The van der Waals surface area contributed by atoms with Crippen LogP contribution in [0.2, 0.25) is 0 Å². The molecule has 26 heavy (non-hydrogen) atoms. The fraction of sp³-hybridized carbons (Fsp3) is 0.526. The Balaban J connectivity index is 1.54. The van der Waals surface area contributed by atoms with Crippen molar-refractivity contribution >= 4 is 23.5 Å². The van der Waals surface area contributed by atoms with E-state index in [1.165, 1.54) is 0 Å². The van der Waals surface area contributed by atoms with E-state index in [2.05, 4.69) is 5.32 Å². The van der Waals surface area contributed by atoms with E-state index < -0.39 is 5.91 Å². The van der Waals surface area contributed by atoms with Crippen molar-refractivity contribution in [1.82, 2.24) is 9.80 Å². The van der Waals surface area contributed by atoms with Gasteiger partial charge < -0.3 is 20.9 Å². The quantitative estimate of drug-likeness (QED) is 0.864. The molecule has 4 amide bonds. The molecule has 7 nitrogen and oxygen atoms in total. The summed E-state index contributed by atoms with van der Waals surface area (Å²) in [5.41, 5.74) is 7.13. The lowest BCUT2D eigenvalue weighted by molar-refractivity contribution is -0.135. The predicted octanol–water partition coefficient (Wildman–Crippen LogP) is 1.96. The summed E-state index contributed by atoms with van der Waals surface area (Å²) < 4.78 is 0. The van der Waals surface area contributed by atoms with Crippen LogP contribution in [0.4, 0.5) is 10.5 Å². The molecular formula is C19H26N4O3. The second-order valence-corrected chi connectivity index (χ2v) is 7.12. The summed E-state index contributed by atoms with van der Waals surface area (Å²) in [5.74, 6) is -0.204. The topological polar surface area (TPSA) is 95.7 Å². The third-order valence-corrected chi connectivity index (χ3v) is 5.30. The molecule has 2 aliphatic heterocycles. The minimum Gasteiger partial charge on any atom is -0.366 e. The molecular weight excluding hydrogens is 332 g/mol. The van der Waals surface area contributed by atoms with Gasteiger partial charge in [-0.3, -0.25) is 9.59 Å². The Morgan fingerprint density at radius 1 is 1.04 bits per heavy atom. The Morgan fingerprint density at radius 2 is 1.69 bits per heavy atom. The fourth-order valence-electron chi connectivity index (χ4n) is 3.68. The first-order chi connectivity index (χ1) is 12.5. The molecule has 0 aliphatic carbocycles. The predicted molar refractivity (Wildman–Crippen MR) is 98.8 cm³/mol. The molecule has 0 radical (unpaired) electrons. The maximum absolute atomic E-state index is 12.5. The zero-order valence-corrected chi connectivity index (χ0v) is 15.2. The molecule has 1 aromatic carbocycles. The van der Waals surface area contributed by atoms with Crippen LogP contribution < -0.4 is 11.1 Å². The summed E-state index contributed by atoms with van der Waals surface area (Å²) in [6.45, 7) is 4.73. The Bertz CT molecular complexity index is 705. The molecule has 2 fully saturated rings. The minimum atomic E-state index is -0.490. The molecule has 3 N–H and O–H groups in total. The summed E-state index contributed by atoms with van der Waals surface area (Å²) in [5, 5.41) is 2.88. The summed E-state index contributed by atoms with van der Waals surface area (Å²) >= 11 is 0. The SMILES string of the molecule is Cc1cc(C(N)=O)ccc1NC(=O)N1CCC(C(=O)N2CCCC2)CC1. The molecule has 7 heteroatoms. The van der Waals surface area contributed by atoms with Crippen LogP contribution in [0.3, 0.4) is 0 Å². The molecule has 0 bridgehead atoms. The number of primary amides is 1. The summed E-state index contributed by atoms with van der Waals surface area (Å²) in [6.07, 6.45) is 3.62. The van der Waals surface area contributed by atoms with E-state index in [1.54, 1.807) is 23.1 Å². The highest BCUT2D eigenvalue weighted by Crippen LogP contribution is 2.23. The number of nitrogens with zero attached hydrogens (tertiary/aromatic N) is 2. The van der Waals surface area contributed by atoms with Crippen LogP contribution in [0.15, 0.2) is 18.2 Å². The Labute approximate surface area is 153 Å². The van der Waals surface area contributed by atoms with Crippen LogP contribution in [0.1, 0.15) is 41.6 Å². The molecule has 2 saturated heterocycles. The number of nitrogens with one attached hydrogen (secondary N) is 1. The number of nitrogens with two attached hydrogens (primary N) is 1. The molecule has 2 heterocycles. The summed E-state index contributed by atoms with van der Waals surface area (Å²) in [7, 11) is 0. The van der Waals surface area contributed by atoms with Gasteiger partial charge in [-0.2, -0.15) is 0 Å². The number of anilines is 1. The summed E-state index contributed by atoms with van der Waals surface area (Å²) in [6, 6.07) is 4.79. The number of amides is 4. The number of urea groups is 1. The fourth-order valence-corrected chi connectivity index (χ4v) is 3.68.